The van der Waals surface area contributed by atoms with E-state index in [0.29, 0.717) is 30.5 Å². The predicted molar refractivity (Wildman–Crippen MR) is 114 cm³/mol. The van der Waals surface area contributed by atoms with Gasteiger partial charge in [0, 0.05) is 24.1 Å². The summed E-state index contributed by atoms with van der Waals surface area (Å²) in [6, 6.07) is 11.3. The molecule has 0 aliphatic carbocycles. The lowest BCUT2D eigenvalue weighted by Crippen LogP contribution is -2.39. The molecule has 2 aromatic carbocycles. The summed E-state index contributed by atoms with van der Waals surface area (Å²) in [5.74, 6) is -0.519. The fourth-order valence-electron chi connectivity index (χ4n) is 2.91. The first-order valence-electron chi connectivity index (χ1n) is 9.15. The van der Waals surface area contributed by atoms with E-state index in [1.165, 1.54) is 23.0 Å². The Labute approximate surface area is 176 Å². The summed E-state index contributed by atoms with van der Waals surface area (Å²) >= 11 is 3.36. The van der Waals surface area contributed by atoms with E-state index in [1.54, 1.807) is 29.2 Å². The third kappa shape index (κ3) is 5.48. The van der Waals surface area contributed by atoms with Crippen molar-refractivity contribution < 1.29 is 9.18 Å². The molecule has 0 fully saturated rings. The Hall–Kier alpha value is -2.58. The van der Waals surface area contributed by atoms with Crippen molar-refractivity contribution >= 4 is 32.7 Å². The molecule has 1 aromatic heterocycles. The first-order chi connectivity index (χ1) is 13.8. The quantitative estimate of drug-likeness (QED) is 0.543. The van der Waals surface area contributed by atoms with Crippen LogP contribution in [0.3, 0.4) is 0 Å². The Kier molecular flexibility index (Phi) is 6.76. The summed E-state index contributed by atoms with van der Waals surface area (Å²) in [6.07, 6.45) is 1.40. The van der Waals surface area contributed by atoms with E-state index in [4.69, 9.17) is 0 Å². The van der Waals surface area contributed by atoms with Crippen LogP contribution in [0.25, 0.3) is 10.9 Å². The molecule has 152 valence electrons. The highest BCUT2D eigenvalue weighted by molar-refractivity contribution is 9.10. The number of nitrogens with zero attached hydrogens (tertiary/aromatic N) is 4. The first-order valence-corrected chi connectivity index (χ1v) is 9.94. The number of halogens is 2. The van der Waals surface area contributed by atoms with Crippen LogP contribution >= 0.6 is 15.9 Å². The SMILES string of the molecule is CN(C)CCN(Cc1ccc(F)cc1)C(=O)Cn1cnc2ccc(Br)cc2c1=O. The van der Waals surface area contributed by atoms with Crippen molar-refractivity contribution in [3.63, 3.8) is 0 Å². The van der Waals surface area contributed by atoms with Crippen LogP contribution in [-0.4, -0.2) is 52.4 Å². The van der Waals surface area contributed by atoms with Gasteiger partial charge in [0.15, 0.2) is 0 Å². The molecule has 1 amide bonds. The molecule has 0 saturated heterocycles. The Bertz CT molecular complexity index is 1070. The molecule has 6 nitrogen and oxygen atoms in total. The minimum Gasteiger partial charge on any atom is -0.336 e. The maximum Gasteiger partial charge on any atom is 0.261 e. The standard InChI is InChI=1S/C21H22BrFN4O2/c1-25(2)9-10-26(12-15-3-6-17(23)7-4-15)20(28)13-27-14-24-19-8-5-16(22)11-18(19)21(27)29/h3-8,11,14H,9-10,12-13H2,1-2H3. The van der Waals surface area contributed by atoms with Gasteiger partial charge in [0.05, 0.1) is 17.2 Å². The summed E-state index contributed by atoms with van der Waals surface area (Å²) in [4.78, 5) is 33.7. The molecular formula is C21H22BrFN4O2. The second kappa shape index (κ2) is 9.28. The van der Waals surface area contributed by atoms with Crippen LogP contribution in [0.15, 0.2) is 58.1 Å². The van der Waals surface area contributed by atoms with Crippen LogP contribution in [0.4, 0.5) is 4.39 Å². The van der Waals surface area contributed by atoms with Crippen LogP contribution in [0.2, 0.25) is 0 Å². The number of fused-ring (bicyclic) bond motifs is 1. The van der Waals surface area contributed by atoms with Gasteiger partial charge in [0.1, 0.15) is 12.4 Å². The van der Waals surface area contributed by atoms with Gasteiger partial charge in [-0.2, -0.15) is 0 Å². The fraction of sp³-hybridized carbons (Fsp3) is 0.286. The molecule has 0 saturated carbocycles. The van der Waals surface area contributed by atoms with E-state index >= 15 is 0 Å². The summed E-state index contributed by atoms with van der Waals surface area (Å²) < 4.78 is 15.3. The molecule has 0 radical (unpaired) electrons. The average Bonchev–Trinajstić information content (AvgIpc) is 2.69. The number of amides is 1. The molecule has 0 N–H and O–H groups in total. The number of aromatic nitrogens is 2. The summed E-state index contributed by atoms with van der Waals surface area (Å²) in [5.41, 5.74) is 1.14. The van der Waals surface area contributed by atoms with Crippen molar-refractivity contribution in [1.29, 1.82) is 0 Å². The maximum absolute atomic E-state index is 13.2. The Morgan fingerprint density at radius 2 is 1.86 bits per heavy atom. The van der Waals surface area contributed by atoms with Crippen LogP contribution < -0.4 is 5.56 Å². The van der Waals surface area contributed by atoms with Gasteiger partial charge in [-0.25, -0.2) is 9.37 Å². The van der Waals surface area contributed by atoms with E-state index in [1.807, 2.05) is 25.1 Å². The minimum atomic E-state index is -0.320. The Balaban J connectivity index is 1.83. The van der Waals surface area contributed by atoms with Gasteiger partial charge in [-0.15, -0.1) is 0 Å². The smallest absolute Gasteiger partial charge is 0.261 e. The van der Waals surface area contributed by atoms with Crippen molar-refractivity contribution in [2.24, 2.45) is 0 Å². The lowest BCUT2D eigenvalue weighted by atomic mass is 10.2. The van der Waals surface area contributed by atoms with Gasteiger partial charge in [0.25, 0.3) is 5.56 Å². The van der Waals surface area contributed by atoms with E-state index in [2.05, 4.69) is 20.9 Å². The molecule has 8 heteroatoms. The number of carbonyl (C=O) groups excluding carboxylic acids is 1. The molecule has 29 heavy (non-hydrogen) atoms. The van der Waals surface area contributed by atoms with Gasteiger partial charge in [-0.1, -0.05) is 28.1 Å². The number of carbonyl (C=O) groups is 1. The summed E-state index contributed by atoms with van der Waals surface area (Å²) in [7, 11) is 3.85. The monoisotopic (exact) mass is 460 g/mol. The largest absolute Gasteiger partial charge is 0.336 e. The van der Waals surface area contributed by atoms with Crippen LogP contribution in [0.5, 0.6) is 0 Å². The summed E-state index contributed by atoms with van der Waals surface area (Å²) in [5, 5.41) is 0.452. The number of benzene rings is 2. The first kappa shape index (κ1) is 21.1. The zero-order valence-electron chi connectivity index (χ0n) is 16.3. The highest BCUT2D eigenvalue weighted by Gasteiger charge is 2.16. The van der Waals surface area contributed by atoms with Crippen LogP contribution in [0.1, 0.15) is 5.56 Å². The zero-order chi connectivity index (χ0) is 21.0. The third-order valence-corrected chi connectivity index (χ3v) is 5.04. The highest BCUT2D eigenvalue weighted by atomic mass is 79.9. The van der Waals surface area contributed by atoms with Crippen LogP contribution in [0, 0.1) is 5.82 Å². The predicted octanol–water partition coefficient (Wildman–Crippen LogP) is 2.89. The lowest BCUT2D eigenvalue weighted by Gasteiger charge is -2.25. The normalized spacial score (nSPS) is 11.2. The molecule has 0 aliphatic heterocycles. The molecule has 0 bridgehead atoms. The minimum absolute atomic E-state index is 0.108. The van der Waals surface area contributed by atoms with Crippen molar-refractivity contribution in [3.8, 4) is 0 Å². The van der Waals surface area contributed by atoms with E-state index in [0.717, 1.165) is 10.0 Å². The molecule has 0 spiro atoms. The zero-order valence-corrected chi connectivity index (χ0v) is 17.9. The van der Waals surface area contributed by atoms with E-state index < -0.39 is 0 Å². The van der Waals surface area contributed by atoms with Crippen LogP contribution in [-0.2, 0) is 17.9 Å². The fourth-order valence-corrected chi connectivity index (χ4v) is 3.27. The molecule has 1 heterocycles. The van der Waals surface area contributed by atoms with Crippen molar-refractivity contribution in [1.82, 2.24) is 19.4 Å². The molecule has 0 unspecified atom stereocenters. The molecular weight excluding hydrogens is 439 g/mol. The van der Waals surface area contributed by atoms with Gasteiger partial charge in [-0.05, 0) is 50.0 Å². The number of hydrogen-bond acceptors (Lipinski definition) is 4. The molecule has 0 aliphatic rings. The second-order valence-electron chi connectivity index (χ2n) is 7.08. The van der Waals surface area contributed by atoms with E-state index in [9.17, 15) is 14.0 Å². The second-order valence-corrected chi connectivity index (χ2v) is 8.00. The molecule has 0 atom stereocenters. The van der Waals surface area contributed by atoms with E-state index in [-0.39, 0.29) is 23.8 Å². The Morgan fingerprint density at radius 1 is 1.14 bits per heavy atom. The average molecular weight is 461 g/mol. The highest BCUT2D eigenvalue weighted by Crippen LogP contribution is 2.15. The third-order valence-electron chi connectivity index (χ3n) is 4.55. The maximum atomic E-state index is 13.2. The molecule has 3 rings (SSSR count). The van der Waals surface area contributed by atoms with Gasteiger partial charge < -0.3 is 9.80 Å². The number of likely N-dealkylation sites (N-methyl/N-ethyl adjacent to an activating group) is 1. The van der Waals surface area contributed by atoms with Gasteiger partial charge >= 0.3 is 0 Å². The van der Waals surface area contributed by atoms with Gasteiger partial charge in [-0.3, -0.25) is 14.2 Å². The van der Waals surface area contributed by atoms with Crippen molar-refractivity contribution in [3.05, 3.63) is 75.0 Å². The molecule has 3 aromatic rings. The topological polar surface area (TPSA) is 58.4 Å². The lowest BCUT2D eigenvalue weighted by molar-refractivity contribution is -0.132. The van der Waals surface area contributed by atoms with Crippen molar-refractivity contribution in [2.45, 2.75) is 13.1 Å². The number of hydrogen-bond donors (Lipinski definition) is 0. The van der Waals surface area contributed by atoms with Crippen molar-refractivity contribution in [2.75, 3.05) is 27.2 Å². The number of rotatable bonds is 7. The van der Waals surface area contributed by atoms with Gasteiger partial charge in [0.2, 0.25) is 5.91 Å². The Morgan fingerprint density at radius 3 is 2.55 bits per heavy atom. The summed E-state index contributed by atoms with van der Waals surface area (Å²) in [6.45, 7) is 1.40.